The fraction of sp³-hybridized carbons (Fsp3) is 0.625. The van der Waals surface area contributed by atoms with Crippen molar-refractivity contribution < 1.29 is 9.59 Å². The molecule has 1 saturated carbocycles. The van der Waals surface area contributed by atoms with Crippen molar-refractivity contribution in [2.45, 2.75) is 51.9 Å². The molecule has 0 bridgehead atoms. The van der Waals surface area contributed by atoms with Crippen LogP contribution in [0.3, 0.4) is 0 Å². The standard InChI is InChI=1S/C16H20O2/c1-10-13-7-6-11-4-2-3-5-14(11)16(18)9-12(13)8-15(10)17/h5,11-12H,2-4,6-9H2,1H3/t11-,12-/m0/s1. The first-order chi connectivity index (χ1) is 8.66. The lowest BCUT2D eigenvalue weighted by molar-refractivity contribution is -0.117. The van der Waals surface area contributed by atoms with Crippen LogP contribution < -0.4 is 0 Å². The highest BCUT2D eigenvalue weighted by Crippen LogP contribution is 2.41. The third kappa shape index (κ3) is 1.88. The predicted molar refractivity (Wildman–Crippen MR) is 70.1 cm³/mol. The van der Waals surface area contributed by atoms with Gasteiger partial charge in [-0.25, -0.2) is 0 Å². The van der Waals surface area contributed by atoms with Gasteiger partial charge in [0.25, 0.3) is 0 Å². The Morgan fingerprint density at radius 3 is 2.67 bits per heavy atom. The molecule has 3 rings (SSSR count). The third-order valence-electron chi connectivity index (χ3n) is 4.90. The summed E-state index contributed by atoms with van der Waals surface area (Å²) < 4.78 is 0. The molecule has 0 radical (unpaired) electrons. The molecule has 0 unspecified atom stereocenters. The average Bonchev–Trinajstić information content (AvgIpc) is 2.61. The fourth-order valence-electron chi connectivity index (χ4n) is 3.83. The predicted octanol–water partition coefficient (Wildman–Crippen LogP) is 3.37. The van der Waals surface area contributed by atoms with Gasteiger partial charge in [0.05, 0.1) is 0 Å². The number of Topliss-reactive ketones (excluding diaryl/α,β-unsaturated/α-hetero) is 2. The van der Waals surface area contributed by atoms with E-state index in [1.54, 1.807) is 0 Å². The van der Waals surface area contributed by atoms with Crippen molar-refractivity contribution in [2.75, 3.05) is 0 Å². The van der Waals surface area contributed by atoms with Crippen molar-refractivity contribution in [1.82, 2.24) is 0 Å². The second kappa shape index (κ2) is 4.49. The Labute approximate surface area is 108 Å². The van der Waals surface area contributed by atoms with Crippen LogP contribution in [0.1, 0.15) is 51.9 Å². The van der Waals surface area contributed by atoms with E-state index in [0.717, 1.165) is 36.8 Å². The van der Waals surface area contributed by atoms with Gasteiger partial charge in [-0.05, 0) is 62.0 Å². The van der Waals surface area contributed by atoms with Crippen molar-refractivity contribution in [3.05, 3.63) is 22.8 Å². The van der Waals surface area contributed by atoms with Crippen LogP contribution >= 0.6 is 0 Å². The number of allylic oxidation sites excluding steroid dienone is 4. The second-order valence-electron chi connectivity index (χ2n) is 5.93. The zero-order valence-electron chi connectivity index (χ0n) is 11.0. The van der Waals surface area contributed by atoms with Gasteiger partial charge in [0.1, 0.15) is 0 Å². The van der Waals surface area contributed by atoms with Crippen molar-refractivity contribution in [3.63, 3.8) is 0 Å². The van der Waals surface area contributed by atoms with Crippen LogP contribution in [0.25, 0.3) is 0 Å². The molecule has 0 aliphatic heterocycles. The van der Waals surface area contributed by atoms with E-state index in [9.17, 15) is 9.59 Å². The Balaban J connectivity index is 1.91. The lowest BCUT2D eigenvalue weighted by atomic mass is 9.75. The number of rotatable bonds is 0. The Hall–Kier alpha value is -1.18. The van der Waals surface area contributed by atoms with Gasteiger partial charge < -0.3 is 0 Å². The number of ketones is 2. The van der Waals surface area contributed by atoms with E-state index in [4.69, 9.17) is 0 Å². The van der Waals surface area contributed by atoms with Gasteiger partial charge in [-0.3, -0.25) is 9.59 Å². The maximum Gasteiger partial charge on any atom is 0.159 e. The molecule has 18 heavy (non-hydrogen) atoms. The van der Waals surface area contributed by atoms with Crippen LogP contribution in [0.2, 0.25) is 0 Å². The van der Waals surface area contributed by atoms with E-state index in [1.165, 1.54) is 12.0 Å². The highest BCUT2D eigenvalue weighted by atomic mass is 16.1. The van der Waals surface area contributed by atoms with E-state index < -0.39 is 0 Å². The van der Waals surface area contributed by atoms with Gasteiger partial charge in [0.2, 0.25) is 0 Å². The van der Waals surface area contributed by atoms with Crippen molar-refractivity contribution in [3.8, 4) is 0 Å². The zero-order valence-corrected chi connectivity index (χ0v) is 11.0. The topological polar surface area (TPSA) is 34.1 Å². The number of carbonyl (C=O) groups is 2. The van der Waals surface area contributed by atoms with Crippen molar-refractivity contribution in [1.29, 1.82) is 0 Å². The number of carbonyl (C=O) groups excluding carboxylic acids is 2. The minimum atomic E-state index is 0.216. The summed E-state index contributed by atoms with van der Waals surface area (Å²) in [6.07, 6.45) is 8.82. The second-order valence-corrected chi connectivity index (χ2v) is 5.93. The van der Waals surface area contributed by atoms with Crippen LogP contribution in [-0.2, 0) is 9.59 Å². The molecule has 2 atom stereocenters. The van der Waals surface area contributed by atoms with Crippen molar-refractivity contribution >= 4 is 11.6 Å². The van der Waals surface area contributed by atoms with Gasteiger partial charge >= 0.3 is 0 Å². The molecule has 0 saturated heterocycles. The van der Waals surface area contributed by atoms with Gasteiger partial charge in [0, 0.05) is 12.8 Å². The molecule has 0 aromatic heterocycles. The van der Waals surface area contributed by atoms with Crippen LogP contribution in [0, 0.1) is 11.8 Å². The van der Waals surface area contributed by atoms with E-state index in [0.29, 0.717) is 24.5 Å². The van der Waals surface area contributed by atoms with Crippen LogP contribution in [0.15, 0.2) is 22.8 Å². The van der Waals surface area contributed by atoms with Crippen LogP contribution in [0.5, 0.6) is 0 Å². The summed E-state index contributed by atoms with van der Waals surface area (Å²) in [7, 11) is 0. The monoisotopic (exact) mass is 244 g/mol. The summed E-state index contributed by atoms with van der Waals surface area (Å²) in [6.45, 7) is 1.95. The Morgan fingerprint density at radius 1 is 1.06 bits per heavy atom. The molecule has 0 amide bonds. The van der Waals surface area contributed by atoms with Gasteiger partial charge in [0.15, 0.2) is 11.6 Å². The van der Waals surface area contributed by atoms with Crippen LogP contribution in [-0.4, -0.2) is 11.6 Å². The lowest BCUT2D eigenvalue weighted by Crippen LogP contribution is -2.22. The molecule has 0 aromatic rings. The normalized spacial score (nSPS) is 32.6. The summed E-state index contributed by atoms with van der Waals surface area (Å²) in [5.41, 5.74) is 3.33. The molecule has 1 fully saturated rings. The molecule has 0 N–H and O–H groups in total. The van der Waals surface area contributed by atoms with Gasteiger partial charge in [-0.15, -0.1) is 0 Å². The quantitative estimate of drug-likeness (QED) is 0.654. The minimum Gasteiger partial charge on any atom is -0.295 e. The summed E-state index contributed by atoms with van der Waals surface area (Å²) in [6, 6.07) is 0. The molecule has 0 spiro atoms. The molecule has 2 heteroatoms. The molecular formula is C16H20O2. The third-order valence-corrected chi connectivity index (χ3v) is 4.90. The highest BCUT2D eigenvalue weighted by Gasteiger charge is 2.35. The molecule has 0 aromatic carbocycles. The SMILES string of the molecule is CC1=C2CC[C@@H]3CCCC=C3C(=O)C[C@@H]2CC1=O. The molecule has 3 aliphatic rings. The Morgan fingerprint density at radius 2 is 1.83 bits per heavy atom. The summed E-state index contributed by atoms with van der Waals surface area (Å²) >= 11 is 0. The first-order valence-electron chi connectivity index (χ1n) is 7.13. The largest absolute Gasteiger partial charge is 0.295 e. The summed E-state index contributed by atoms with van der Waals surface area (Å²) in [5.74, 6) is 1.25. The summed E-state index contributed by atoms with van der Waals surface area (Å²) in [5, 5.41) is 0. The molecule has 0 heterocycles. The fourth-order valence-corrected chi connectivity index (χ4v) is 3.83. The van der Waals surface area contributed by atoms with Crippen LogP contribution in [0.4, 0.5) is 0 Å². The maximum atomic E-state index is 12.4. The van der Waals surface area contributed by atoms with E-state index in [2.05, 4.69) is 6.08 Å². The lowest BCUT2D eigenvalue weighted by Gasteiger charge is -2.28. The molecule has 3 aliphatic carbocycles. The highest BCUT2D eigenvalue weighted by molar-refractivity contribution is 6.01. The van der Waals surface area contributed by atoms with Crippen molar-refractivity contribution in [2.24, 2.45) is 11.8 Å². The number of hydrogen-bond donors (Lipinski definition) is 0. The Bertz CT molecular complexity index is 467. The first-order valence-corrected chi connectivity index (χ1v) is 7.13. The van der Waals surface area contributed by atoms with Gasteiger partial charge in [-0.2, -0.15) is 0 Å². The minimum absolute atomic E-state index is 0.216. The molecular weight excluding hydrogens is 224 g/mol. The average molecular weight is 244 g/mol. The maximum absolute atomic E-state index is 12.4. The number of fused-ring (bicyclic) bond motifs is 2. The van der Waals surface area contributed by atoms with E-state index >= 15 is 0 Å². The number of hydrogen-bond acceptors (Lipinski definition) is 2. The Kier molecular flexibility index (Phi) is 2.96. The van der Waals surface area contributed by atoms with E-state index in [-0.39, 0.29) is 11.7 Å². The molecule has 2 nitrogen and oxygen atoms in total. The smallest absolute Gasteiger partial charge is 0.159 e. The molecule has 96 valence electrons. The van der Waals surface area contributed by atoms with Gasteiger partial charge in [-0.1, -0.05) is 11.6 Å². The summed E-state index contributed by atoms with van der Waals surface area (Å²) in [4.78, 5) is 24.2. The zero-order chi connectivity index (χ0) is 12.7. The van der Waals surface area contributed by atoms with E-state index in [1.807, 2.05) is 6.92 Å². The first kappa shape index (κ1) is 11.9.